The minimum atomic E-state index is -2.04. The van der Waals surface area contributed by atoms with Gasteiger partial charge in [0.15, 0.2) is 5.75 Å². The van der Waals surface area contributed by atoms with Crippen molar-refractivity contribution in [2.24, 2.45) is 0 Å². The molecule has 0 bridgehead atoms. The number of hydrogen-bond acceptors (Lipinski definition) is 4. The molecule has 4 nitrogen and oxygen atoms in total. The van der Waals surface area contributed by atoms with Gasteiger partial charge in [0.2, 0.25) is 0 Å². The van der Waals surface area contributed by atoms with E-state index >= 15 is 0 Å². The number of halogens is 1. The van der Waals surface area contributed by atoms with Crippen LogP contribution in [0, 0.1) is 0 Å². The van der Waals surface area contributed by atoms with E-state index in [0.29, 0.717) is 11.6 Å². The monoisotopic (exact) mass is 454 g/mol. The zero-order valence-corrected chi connectivity index (χ0v) is 20.9. The maximum Gasteiger partial charge on any atom is 0.250 e. The maximum atomic E-state index is 6.64. The first-order chi connectivity index (χ1) is 14.6. The Labute approximate surface area is 191 Å². The Balaban J connectivity index is 2.06. The maximum absolute atomic E-state index is 6.64. The Hall–Kier alpha value is -2.50. The third-order valence-electron chi connectivity index (χ3n) is 5.81. The number of anilines is 2. The van der Waals surface area contributed by atoms with Gasteiger partial charge in [-0.05, 0) is 60.1 Å². The van der Waals surface area contributed by atoms with Crippen molar-refractivity contribution in [1.29, 1.82) is 0 Å². The molecule has 1 heterocycles. The third-order valence-corrected chi connectivity index (χ3v) is 10.4. The van der Waals surface area contributed by atoms with E-state index in [4.69, 9.17) is 20.8 Å². The molecule has 0 atom stereocenters. The van der Waals surface area contributed by atoms with Gasteiger partial charge in [-0.15, -0.1) is 0 Å². The van der Waals surface area contributed by atoms with Crippen LogP contribution in [0.15, 0.2) is 67.0 Å². The minimum Gasteiger partial charge on any atom is -0.541 e. The molecule has 164 valence electrons. The van der Waals surface area contributed by atoms with E-state index < -0.39 is 8.32 Å². The Morgan fingerprint density at radius 2 is 1.71 bits per heavy atom. The highest BCUT2D eigenvalue weighted by molar-refractivity contribution is 6.74. The highest BCUT2D eigenvalue weighted by Gasteiger charge is 2.39. The van der Waals surface area contributed by atoms with Crippen molar-refractivity contribution in [2.45, 2.75) is 45.4 Å². The van der Waals surface area contributed by atoms with Crippen LogP contribution in [-0.2, 0) is 6.54 Å². The number of methoxy groups -OCH3 is 1. The van der Waals surface area contributed by atoms with Crippen molar-refractivity contribution in [2.75, 3.05) is 12.0 Å². The van der Waals surface area contributed by atoms with Crippen LogP contribution in [0.1, 0.15) is 26.3 Å². The molecule has 0 fully saturated rings. The van der Waals surface area contributed by atoms with Crippen molar-refractivity contribution in [1.82, 2.24) is 4.98 Å². The second-order valence-corrected chi connectivity index (χ2v) is 14.3. The van der Waals surface area contributed by atoms with Crippen LogP contribution in [0.2, 0.25) is 23.2 Å². The molecule has 0 unspecified atom stereocenters. The van der Waals surface area contributed by atoms with Crippen LogP contribution in [0.25, 0.3) is 0 Å². The molecule has 3 aromatic rings. The molecule has 0 aliphatic carbocycles. The molecule has 1 aromatic heterocycles. The smallest absolute Gasteiger partial charge is 0.250 e. The van der Waals surface area contributed by atoms with Crippen molar-refractivity contribution in [3.8, 4) is 11.5 Å². The zero-order valence-electron chi connectivity index (χ0n) is 19.1. The fourth-order valence-electron chi connectivity index (χ4n) is 2.99. The summed E-state index contributed by atoms with van der Waals surface area (Å²) in [6.07, 6.45) is 3.67. The first kappa shape index (κ1) is 23.2. The number of benzene rings is 2. The third kappa shape index (κ3) is 5.60. The van der Waals surface area contributed by atoms with Crippen LogP contribution in [0.4, 0.5) is 11.4 Å². The lowest BCUT2D eigenvalue weighted by Crippen LogP contribution is -2.44. The average molecular weight is 455 g/mol. The predicted octanol–water partition coefficient (Wildman–Crippen LogP) is 7.47. The molecule has 0 aliphatic rings. The van der Waals surface area contributed by atoms with E-state index in [1.54, 1.807) is 13.3 Å². The summed E-state index contributed by atoms with van der Waals surface area (Å²) in [5, 5.41) is 0.774. The number of aromatic nitrogens is 1. The molecule has 0 N–H and O–H groups in total. The first-order valence-corrected chi connectivity index (χ1v) is 13.7. The molecule has 3 rings (SSSR count). The van der Waals surface area contributed by atoms with Crippen molar-refractivity contribution in [3.63, 3.8) is 0 Å². The van der Waals surface area contributed by atoms with Crippen LogP contribution < -0.4 is 14.1 Å². The lowest BCUT2D eigenvalue weighted by atomic mass is 10.2. The van der Waals surface area contributed by atoms with Gasteiger partial charge in [0.25, 0.3) is 8.32 Å². The van der Waals surface area contributed by atoms with Gasteiger partial charge in [0.05, 0.1) is 7.11 Å². The largest absolute Gasteiger partial charge is 0.541 e. The van der Waals surface area contributed by atoms with E-state index in [2.05, 4.69) is 68.0 Å². The van der Waals surface area contributed by atoms with Crippen LogP contribution in [0.5, 0.6) is 11.5 Å². The molecule has 0 aliphatic heterocycles. The van der Waals surface area contributed by atoms with E-state index in [1.807, 2.05) is 36.5 Å². The highest BCUT2D eigenvalue weighted by Crippen LogP contribution is 2.42. The number of ether oxygens (including phenoxy) is 1. The van der Waals surface area contributed by atoms with Gasteiger partial charge in [-0.1, -0.05) is 44.5 Å². The lowest BCUT2D eigenvalue weighted by Gasteiger charge is -2.37. The van der Waals surface area contributed by atoms with Gasteiger partial charge in [-0.25, -0.2) is 0 Å². The second-order valence-electron chi connectivity index (χ2n) is 9.12. The van der Waals surface area contributed by atoms with Crippen molar-refractivity contribution >= 4 is 31.3 Å². The van der Waals surface area contributed by atoms with Crippen LogP contribution in [0.3, 0.4) is 0 Å². The van der Waals surface area contributed by atoms with Gasteiger partial charge in [-0.2, -0.15) is 0 Å². The zero-order chi connectivity index (χ0) is 22.6. The van der Waals surface area contributed by atoms with Crippen molar-refractivity contribution in [3.05, 3.63) is 77.6 Å². The van der Waals surface area contributed by atoms with E-state index in [0.717, 1.165) is 28.4 Å². The molecule has 31 heavy (non-hydrogen) atoms. The molecular formula is C25H31ClN2O2Si. The average Bonchev–Trinajstić information content (AvgIpc) is 2.71. The standard InChI is InChI=1S/C25H31ClN2O2Si/c1-25(2,3)31(5,6)30-24-16-22(12-13-23(24)29-4)28(18-19-9-8-14-27-17-19)21-11-7-10-20(26)15-21/h7-17H,18H2,1-6H3. The molecule has 0 saturated carbocycles. The predicted molar refractivity (Wildman–Crippen MR) is 132 cm³/mol. The van der Waals surface area contributed by atoms with Gasteiger partial charge in [0, 0.05) is 41.4 Å². The number of hydrogen-bond donors (Lipinski definition) is 0. The summed E-state index contributed by atoms with van der Waals surface area (Å²) in [6.45, 7) is 11.8. The topological polar surface area (TPSA) is 34.6 Å². The number of pyridine rings is 1. The molecule has 0 spiro atoms. The van der Waals surface area contributed by atoms with Gasteiger partial charge < -0.3 is 14.1 Å². The van der Waals surface area contributed by atoms with Gasteiger partial charge >= 0.3 is 0 Å². The van der Waals surface area contributed by atoms with E-state index in [1.165, 1.54) is 0 Å². The fourth-order valence-corrected chi connectivity index (χ4v) is 4.19. The highest BCUT2D eigenvalue weighted by atomic mass is 35.5. The van der Waals surface area contributed by atoms with Crippen LogP contribution >= 0.6 is 11.6 Å². The molecule has 6 heteroatoms. The van der Waals surface area contributed by atoms with E-state index in [-0.39, 0.29) is 5.04 Å². The molecular weight excluding hydrogens is 424 g/mol. The SMILES string of the molecule is COc1ccc(N(Cc2cccnc2)c2cccc(Cl)c2)cc1O[Si](C)(C)C(C)(C)C. The number of nitrogens with zero attached hydrogens (tertiary/aromatic N) is 2. The number of rotatable bonds is 7. The molecule has 0 radical (unpaired) electrons. The summed E-state index contributed by atoms with van der Waals surface area (Å²) < 4.78 is 12.3. The molecule has 0 saturated heterocycles. The summed E-state index contributed by atoms with van der Waals surface area (Å²) in [5.74, 6) is 1.51. The summed E-state index contributed by atoms with van der Waals surface area (Å²) in [5.41, 5.74) is 3.10. The normalized spacial score (nSPS) is 11.8. The summed E-state index contributed by atoms with van der Waals surface area (Å²) in [4.78, 5) is 6.48. The van der Waals surface area contributed by atoms with Gasteiger partial charge in [-0.3, -0.25) is 4.98 Å². The van der Waals surface area contributed by atoms with Gasteiger partial charge in [0.1, 0.15) is 5.75 Å². The van der Waals surface area contributed by atoms with E-state index in [9.17, 15) is 0 Å². The second kappa shape index (κ2) is 9.33. The fraction of sp³-hybridized carbons (Fsp3) is 0.320. The Bertz CT molecular complexity index is 1020. The Kier molecular flexibility index (Phi) is 6.97. The first-order valence-electron chi connectivity index (χ1n) is 10.4. The Morgan fingerprint density at radius 3 is 2.32 bits per heavy atom. The summed E-state index contributed by atoms with van der Waals surface area (Å²) in [6, 6.07) is 18.0. The summed E-state index contributed by atoms with van der Waals surface area (Å²) in [7, 11) is -0.365. The quantitative estimate of drug-likeness (QED) is 0.347. The van der Waals surface area contributed by atoms with Crippen LogP contribution in [-0.4, -0.2) is 20.4 Å². The molecule has 0 amide bonds. The lowest BCUT2D eigenvalue weighted by molar-refractivity contribution is 0.386. The Morgan fingerprint density at radius 1 is 0.968 bits per heavy atom. The minimum absolute atomic E-state index is 0.0797. The molecule has 2 aromatic carbocycles. The summed E-state index contributed by atoms with van der Waals surface area (Å²) >= 11 is 6.32. The van der Waals surface area contributed by atoms with Crippen molar-refractivity contribution < 1.29 is 9.16 Å².